The van der Waals surface area contributed by atoms with Crippen molar-refractivity contribution in [1.29, 1.82) is 0 Å². The van der Waals surface area contributed by atoms with E-state index in [2.05, 4.69) is 20.7 Å². The van der Waals surface area contributed by atoms with Gasteiger partial charge in [-0.15, -0.1) is 0 Å². The lowest BCUT2D eigenvalue weighted by Gasteiger charge is -2.19. The van der Waals surface area contributed by atoms with Gasteiger partial charge in [0.1, 0.15) is 17.2 Å². The molecule has 2 aliphatic rings. The molecule has 27 heavy (non-hydrogen) atoms. The van der Waals surface area contributed by atoms with Crippen LogP contribution in [0.15, 0.2) is 10.6 Å². The summed E-state index contributed by atoms with van der Waals surface area (Å²) >= 11 is 0. The van der Waals surface area contributed by atoms with E-state index in [4.69, 9.17) is 14.8 Å². The smallest absolute Gasteiger partial charge is 0.361 e. The number of piperidine rings is 1. The topological polar surface area (TPSA) is 171 Å². The zero-order valence-electron chi connectivity index (χ0n) is 15.2. The normalized spacial score (nSPS) is 22.3. The Bertz CT molecular complexity index is 702. The molecule has 0 amide bonds. The highest BCUT2D eigenvalue weighted by Gasteiger charge is 2.24. The number of nitrogens with one attached hydrogen (secondary N) is 1. The summed E-state index contributed by atoms with van der Waals surface area (Å²) in [7, 11) is -4.38. The third-order valence-corrected chi connectivity index (χ3v) is 5.27. The Morgan fingerprint density at radius 2 is 2.04 bits per heavy atom. The summed E-state index contributed by atoms with van der Waals surface area (Å²) < 4.78 is 34.3. The van der Waals surface area contributed by atoms with Gasteiger partial charge in [0, 0.05) is 24.8 Å². The van der Waals surface area contributed by atoms with Gasteiger partial charge >= 0.3 is 10.4 Å². The molecule has 1 saturated heterocycles. The Labute approximate surface area is 158 Å². The first-order valence-electron chi connectivity index (χ1n) is 9.08. The fourth-order valence-corrected chi connectivity index (χ4v) is 3.48. The first-order valence-corrected chi connectivity index (χ1v) is 10.4. The zero-order valence-corrected chi connectivity index (χ0v) is 16.0. The summed E-state index contributed by atoms with van der Waals surface area (Å²) in [6.45, 7) is 2.09. The van der Waals surface area contributed by atoms with Crippen molar-refractivity contribution in [2.24, 2.45) is 17.5 Å². The van der Waals surface area contributed by atoms with Crippen molar-refractivity contribution in [1.82, 2.24) is 10.5 Å². The SMILES string of the molecule is NOS(=O)(=O)O.N[C@@H](CC[C@@H]1CCC(=O)C1)c1cc(C2CCNCC2)on1. The van der Waals surface area contributed by atoms with Crippen LogP contribution in [0, 0.1) is 5.92 Å². The van der Waals surface area contributed by atoms with E-state index in [9.17, 15) is 13.2 Å². The van der Waals surface area contributed by atoms with Gasteiger partial charge in [0.2, 0.25) is 0 Å². The van der Waals surface area contributed by atoms with Crippen molar-refractivity contribution in [3.05, 3.63) is 17.5 Å². The number of hydrogen-bond donors (Lipinski definition) is 4. The Balaban J connectivity index is 0.000000380. The van der Waals surface area contributed by atoms with Gasteiger partial charge in [0.05, 0.1) is 6.04 Å². The van der Waals surface area contributed by atoms with E-state index in [1.807, 2.05) is 6.07 Å². The highest BCUT2D eigenvalue weighted by atomic mass is 32.3. The van der Waals surface area contributed by atoms with Crippen LogP contribution in [-0.4, -0.2) is 37.0 Å². The molecule has 0 unspecified atom stereocenters. The number of rotatable bonds is 6. The van der Waals surface area contributed by atoms with Gasteiger partial charge in [-0.05, 0) is 51.1 Å². The molecule has 11 heteroatoms. The lowest BCUT2D eigenvalue weighted by Crippen LogP contribution is -2.26. The lowest BCUT2D eigenvalue weighted by atomic mass is 9.94. The van der Waals surface area contributed by atoms with Crippen molar-refractivity contribution in [2.75, 3.05) is 13.1 Å². The van der Waals surface area contributed by atoms with Crippen LogP contribution in [0.2, 0.25) is 0 Å². The first kappa shape index (κ1) is 21.9. The molecule has 0 radical (unpaired) electrons. The van der Waals surface area contributed by atoms with Gasteiger partial charge in [0.25, 0.3) is 0 Å². The minimum Gasteiger partial charge on any atom is -0.361 e. The Kier molecular flexibility index (Phi) is 8.32. The molecule has 10 nitrogen and oxygen atoms in total. The number of carbonyl (C=O) groups excluding carboxylic acids is 1. The fraction of sp³-hybridized carbons (Fsp3) is 0.750. The molecule has 1 aromatic heterocycles. The van der Waals surface area contributed by atoms with Gasteiger partial charge < -0.3 is 15.6 Å². The molecule has 6 N–H and O–H groups in total. The number of hydrogen-bond acceptors (Lipinski definition) is 9. The van der Waals surface area contributed by atoms with Gasteiger partial charge in [-0.3, -0.25) is 9.35 Å². The minimum atomic E-state index is -4.38. The summed E-state index contributed by atoms with van der Waals surface area (Å²) in [5.41, 5.74) is 7.10. The van der Waals surface area contributed by atoms with Crippen molar-refractivity contribution in [3.63, 3.8) is 0 Å². The van der Waals surface area contributed by atoms with E-state index in [-0.39, 0.29) is 6.04 Å². The average Bonchev–Trinajstić information content (AvgIpc) is 3.30. The molecule has 2 heterocycles. The zero-order chi connectivity index (χ0) is 19.9. The minimum absolute atomic E-state index is 0.0695. The number of aromatic nitrogens is 1. The molecule has 0 bridgehead atoms. The van der Waals surface area contributed by atoms with Crippen LogP contribution >= 0.6 is 0 Å². The third-order valence-electron chi connectivity index (χ3n) is 5.02. The van der Waals surface area contributed by atoms with E-state index >= 15 is 0 Å². The predicted molar refractivity (Wildman–Crippen MR) is 96.7 cm³/mol. The highest BCUT2D eigenvalue weighted by molar-refractivity contribution is 7.80. The third kappa shape index (κ3) is 7.64. The summed E-state index contributed by atoms with van der Waals surface area (Å²) in [6.07, 6.45) is 6.64. The van der Waals surface area contributed by atoms with E-state index in [0.29, 0.717) is 17.6 Å². The maximum atomic E-state index is 11.3. The summed E-state index contributed by atoms with van der Waals surface area (Å²) in [4.78, 5) is 11.3. The van der Waals surface area contributed by atoms with Crippen molar-refractivity contribution < 1.29 is 26.6 Å². The second kappa shape index (κ2) is 10.2. The van der Waals surface area contributed by atoms with Gasteiger partial charge in [0.15, 0.2) is 0 Å². The van der Waals surface area contributed by atoms with Crippen molar-refractivity contribution >= 4 is 16.2 Å². The molecule has 0 spiro atoms. The van der Waals surface area contributed by atoms with E-state index in [1.54, 1.807) is 0 Å². The number of Topliss-reactive ketones (excluding diaryl/α,β-unsaturated/α-hetero) is 1. The summed E-state index contributed by atoms with van der Waals surface area (Å²) in [6, 6.07) is 1.97. The molecule has 1 saturated carbocycles. The second-order valence-electron chi connectivity index (χ2n) is 7.03. The number of nitrogens with two attached hydrogens (primary N) is 2. The Hall–Kier alpha value is -1.37. The molecule has 154 valence electrons. The van der Waals surface area contributed by atoms with Crippen LogP contribution in [0.4, 0.5) is 0 Å². The molecular formula is C16H28N4O6S. The van der Waals surface area contributed by atoms with E-state index < -0.39 is 10.4 Å². The van der Waals surface area contributed by atoms with Crippen LogP contribution in [-0.2, 0) is 19.5 Å². The fourth-order valence-electron chi connectivity index (χ4n) is 3.48. The monoisotopic (exact) mass is 404 g/mol. The summed E-state index contributed by atoms with van der Waals surface area (Å²) in [5, 5.41) is 7.52. The summed E-state index contributed by atoms with van der Waals surface area (Å²) in [5.74, 6) is 6.36. The lowest BCUT2D eigenvalue weighted by molar-refractivity contribution is -0.117. The predicted octanol–water partition coefficient (Wildman–Crippen LogP) is 0.970. The van der Waals surface area contributed by atoms with Crippen LogP contribution in [0.3, 0.4) is 0 Å². The first-order chi connectivity index (χ1) is 12.8. The van der Waals surface area contributed by atoms with Crippen LogP contribution in [0.1, 0.15) is 68.4 Å². The maximum Gasteiger partial charge on any atom is 0.413 e. The van der Waals surface area contributed by atoms with Crippen LogP contribution < -0.4 is 16.9 Å². The molecule has 1 aliphatic heterocycles. The number of ketones is 1. The van der Waals surface area contributed by atoms with Crippen LogP contribution in [0.5, 0.6) is 0 Å². The van der Waals surface area contributed by atoms with Gasteiger partial charge in [-0.2, -0.15) is 18.6 Å². The second-order valence-corrected chi connectivity index (χ2v) is 8.08. The molecule has 0 aromatic carbocycles. The quantitative estimate of drug-likeness (QED) is 0.395. The van der Waals surface area contributed by atoms with Gasteiger partial charge in [-0.25, -0.2) is 0 Å². The van der Waals surface area contributed by atoms with E-state index in [1.165, 1.54) is 0 Å². The number of carbonyl (C=O) groups is 1. The molecule has 3 rings (SSSR count). The standard InChI is InChI=1S/C16H25N3O2.H3NO4S/c17-14(4-2-11-1-3-13(20)9-11)15-10-16(21-19-15)12-5-7-18-8-6-12;1-5-6(2,3)4/h10-12,14,18H,1-9,17H2;1H2,(H,2,3,4)/t11-,14-;/m0./s1. The molecule has 1 aromatic rings. The number of nitrogens with zero attached hydrogens (tertiary/aromatic N) is 1. The van der Waals surface area contributed by atoms with Crippen LogP contribution in [0.25, 0.3) is 0 Å². The highest BCUT2D eigenvalue weighted by Crippen LogP contribution is 2.30. The maximum absolute atomic E-state index is 11.3. The molecule has 2 fully saturated rings. The molecule has 1 aliphatic carbocycles. The Morgan fingerprint density at radius 1 is 1.37 bits per heavy atom. The largest absolute Gasteiger partial charge is 0.413 e. The molecular weight excluding hydrogens is 376 g/mol. The van der Waals surface area contributed by atoms with Gasteiger partial charge in [-0.1, -0.05) is 5.16 Å². The molecule has 2 atom stereocenters. The van der Waals surface area contributed by atoms with E-state index in [0.717, 1.165) is 69.5 Å². The van der Waals surface area contributed by atoms with Crippen molar-refractivity contribution in [2.45, 2.75) is 56.9 Å². The van der Waals surface area contributed by atoms with Crippen molar-refractivity contribution in [3.8, 4) is 0 Å². The Morgan fingerprint density at radius 3 is 2.59 bits per heavy atom. The average molecular weight is 404 g/mol.